The summed E-state index contributed by atoms with van der Waals surface area (Å²) in [5, 5.41) is 21.4. The SMILES string of the molecule is C/C([O-])=C/C(C)=N\CC/N=C(C)/C=C(/C)[O-].N.N.[Co+3]. The molecule has 19 heavy (non-hydrogen) atoms. The molecule has 0 aliphatic heterocycles. The van der Waals surface area contributed by atoms with Crippen molar-refractivity contribution < 1.29 is 27.0 Å². The van der Waals surface area contributed by atoms with Gasteiger partial charge in [-0.3, -0.25) is 9.98 Å². The normalized spacial score (nSPS) is 13.1. The second-order valence-electron chi connectivity index (χ2n) is 3.56. The second kappa shape index (κ2) is 14.9. The molecular weight excluding hydrogens is 291 g/mol. The van der Waals surface area contributed by atoms with Gasteiger partial charge in [-0.1, -0.05) is 26.0 Å². The van der Waals surface area contributed by atoms with Crippen molar-refractivity contribution >= 4 is 11.4 Å². The summed E-state index contributed by atoms with van der Waals surface area (Å²) >= 11 is 0. The van der Waals surface area contributed by atoms with E-state index in [9.17, 15) is 10.2 Å². The first-order valence-electron chi connectivity index (χ1n) is 5.14. The van der Waals surface area contributed by atoms with Crippen LogP contribution in [0.2, 0.25) is 0 Å². The van der Waals surface area contributed by atoms with Gasteiger partial charge in [0, 0.05) is 11.4 Å². The molecule has 0 fully saturated rings. The molecule has 7 heteroatoms. The molecule has 0 aromatic carbocycles. The van der Waals surface area contributed by atoms with Crippen molar-refractivity contribution in [3.63, 3.8) is 0 Å². The van der Waals surface area contributed by atoms with Crippen LogP contribution in [-0.4, -0.2) is 24.5 Å². The van der Waals surface area contributed by atoms with Gasteiger partial charge >= 0.3 is 16.8 Å². The first-order chi connectivity index (χ1) is 7.41. The van der Waals surface area contributed by atoms with Crippen molar-refractivity contribution in [2.24, 2.45) is 9.98 Å². The van der Waals surface area contributed by atoms with E-state index in [-0.39, 0.29) is 40.6 Å². The third-order valence-electron chi connectivity index (χ3n) is 1.65. The summed E-state index contributed by atoms with van der Waals surface area (Å²) in [4.78, 5) is 8.30. The molecule has 0 spiro atoms. The zero-order valence-electron chi connectivity index (χ0n) is 12.0. The van der Waals surface area contributed by atoms with Crippen molar-refractivity contribution in [1.29, 1.82) is 0 Å². The van der Waals surface area contributed by atoms with Crippen molar-refractivity contribution in [1.82, 2.24) is 12.3 Å². The fraction of sp³-hybridized carbons (Fsp3) is 0.500. The van der Waals surface area contributed by atoms with Crippen LogP contribution in [0.1, 0.15) is 27.7 Å². The standard InChI is InChI=1S/C12H20N2O2.Co.2H3N/c1-9(7-11(3)15)13-5-6-14-10(2)8-12(4)16;;;/h7-8,15-16H,5-6H2,1-4H3;;2*1H3/q;+3;;/p-2/b11-7-,12-8-,13-9-,14-10+;;;. The summed E-state index contributed by atoms with van der Waals surface area (Å²) in [5.74, 6) is -0.0170. The van der Waals surface area contributed by atoms with Crippen LogP contribution in [0.25, 0.3) is 0 Å². The maximum Gasteiger partial charge on any atom is 3.00 e. The van der Waals surface area contributed by atoms with Gasteiger partial charge < -0.3 is 22.5 Å². The molecular formula is C12H24CoN4O2+. The molecule has 0 radical (unpaired) electrons. The van der Waals surface area contributed by atoms with Crippen LogP contribution in [0.4, 0.5) is 0 Å². The molecule has 6 nitrogen and oxygen atoms in total. The Bertz CT molecular complexity index is 308. The molecule has 0 unspecified atom stereocenters. The van der Waals surface area contributed by atoms with E-state index in [1.807, 2.05) is 0 Å². The van der Waals surface area contributed by atoms with E-state index in [1.165, 1.54) is 26.0 Å². The van der Waals surface area contributed by atoms with Gasteiger partial charge in [-0.15, -0.1) is 11.5 Å². The van der Waals surface area contributed by atoms with Crippen LogP contribution in [0.3, 0.4) is 0 Å². The van der Waals surface area contributed by atoms with E-state index in [0.29, 0.717) is 24.5 Å². The number of rotatable bonds is 5. The molecule has 0 saturated carbocycles. The zero-order valence-corrected chi connectivity index (χ0v) is 13.1. The van der Waals surface area contributed by atoms with Crippen molar-refractivity contribution in [3.8, 4) is 0 Å². The summed E-state index contributed by atoms with van der Waals surface area (Å²) in [6, 6.07) is 0. The fourth-order valence-electron chi connectivity index (χ4n) is 1.13. The first-order valence-corrected chi connectivity index (χ1v) is 5.14. The molecule has 0 atom stereocenters. The number of hydrogen-bond acceptors (Lipinski definition) is 6. The van der Waals surface area contributed by atoms with E-state index < -0.39 is 0 Å². The third-order valence-corrected chi connectivity index (χ3v) is 1.65. The van der Waals surface area contributed by atoms with E-state index in [0.717, 1.165) is 0 Å². The number of aliphatic imine (C=N–C) groups is 2. The van der Waals surface area contributed by atoms with E-state index >= 15 is 0 Å². The quantitative estimate of drug-likeness (QED) is 0.439. The Hall–Kier alpha value is -1.15. The van der Waals surface area contributed by atoms with Gasteiger partial charge in [0.15, 0.2) is 0 Å². The third kappa shape index (κ3) is 19.4. The van der Waals surface area contributed by atoms with Crippen LogP contribution in [0, 0.1) is 0 Å². The predicted molar refractivity (Wildman–Crippen MR) is 73.5 cm³/mol. The van der Waals surface area contributed by atoms with Gasteiger partial charge in [-0.25, -0.2) is 0 Å². The van der Waals surface area contributed by atoms with Crippen molar-refractivity contribution in [2.75, 3.05) is 13.1 Å². The van der Waals surface area contributed by atoms with Crippen LogP contribution in [-0.2, 0) is 16.8 Å². The van der Waals surface area contributed by atoms with E-state index in [4.69, 9.17) is 0 Å². The fourth-order valence-corrected chi connectivity index (χ4v) is 1.13. The summed E-state index contributed by atoms with van der Waals surface area (Å²) in [6.07, 6.45) is 2.97. The van der Waals surface area contributed by atoms with Crippen LogP contribution >= 0.6 is 0 Å². The molecule has 0 aromatic heterocycles. The molecule has 0 aromatic rings. The smallest absolute Gasteiger partial charge is 0.876 e. The number of hydrogen-bond donors (Lipinski definition) is 2. The minimum absolute atomic E-state index is 0. The second-order valence-corrected chi connectivity index (χ2v) is 3.56. The molecule has 0 aliphatic rings. The summed E-state index contributed by atoms with van der Waals surface area (Å²) in [6.45, 7) is 7.59. The average Bonchev–Trinajstić information content (AvgIpc) is 2.10. The van der Waals surface area contributed by atoms with Crippen LogP contribution < -0.4 is 22.5 Å². The van der Waals surface area contributed by atoms with Gasteiger partial charge in [0.1, 0.15) is 0 Å². The molecule has 112 valence electrons. The van der Waals surface area contributed by atoms with E-state index in [2.05, 4.69) is 9.98 Å². The Morgan fingerprint density at radius 2 is 1.05 bits per heavy atom. The van der Waals surface area contributed by atoms with Gasteiger partial charge in [0.2, 0.25) is 0 Å². The zero-order chi connectivity index (χ0) is 12.6. The Kier molecular flexibility index (Phi) is 20.7. The molecule has 0 bridgehead atoms. The predicted octanol–water partition coefficient (Wildman–Crippen LogP) is 0.758. The number of allylic oxidation sites excluding steroid dienone is 4. The monoisotopic (exact) mass is 315 g/mol. The van der Waals surface area contributed by atoms with Crippen molar-refractivity contribution in [2.45, 2.75) is 27.7 Å². The van der Waals surface area contributed by atoms with Gasteiger partial charge in [0.25, 0.3) is 0 Å². The van der Waals surface area contributed by atoms with Gasteiger partial charge in [-0.2, -0.15) is 0 Å². The maximum absolute atomic E-state index is 10.7. The van der Waals surface area contributed by atoms with Crippen LogP contribution in [0.15, 0.2) is 33.7 Å². The summed E-state index contributed by atoms with van der Waals surface area (Å²) < 4.78 is 0. The molecule has 0 aliphatic carbocycles. The van der Waals surface area contributed by atoms with Crippen LogP contribution in [0.5, 0.6) is 0 Å². The summed E-state index contributed by atoms with van der Waals surface area (Å²) in [5.41, 5.74) is 1.41. The minimum atomic E-state index is -0.00848. The Morgan fingerprint density at radius 1 is 0.789 bits per heavy atom. The van der Waals surface area contributed by atoms with Crippen molar-refractivity contribution in [3.05, 3.63) is 23.7 Å². The van der Waals surface area contributed by atoms with Gasteiger partial charge in [0.05, 0.1) is 13.1 Å². The topological polar surface area (TPSA) is 141 Å². The van der Waals surface area contributed by atoms with E-state index in [1.54, 1.807) is 13.8 Å². The molecule has 6 N–H and O–H groups in total. The molecule has 0 rings (SSSR count). The molecule has 0 heterocycles. The Balaban J connectivity index is -0.000000375. The Labute approximate surface area is 125 Å². The maximum atomic E-state index is 10.7. The first kappa shape index (κ1) is 26.4. The average molecular weight is 315 g/mol. The minimum Gasteiger partial charge on any atom is -0.876 e. The molecule has 0 amide bonds. The summed E-state index contributed by atoms with van der Waals surface area (Å²) in [7, 11) is 0. The largest absolute Gasteiger partial charge is 3.00 e. The molecule has 0 saturated heterocycles. The number of nitrogens with zero attached hydrogens (tertiary/aromatic N) is 2. The Morgan fingerprint density at radius 3 is 1.26 bits per heavy atom. The van der Waals surface area contributed by atoms with Gasteiger partial charge in [-0.05, 0) is 13.8 Å².